The number of rotatable bonds is 5. The van der Waals surface area contributed by atoms with Crippen LogP contribution in [0, 0.1) is 0 Å². The van der Waals surface area contributed by atoms with Crippen molar-refractivity contribution < 1.29 is 13.2 Å². The third kappa shape index (κ3) is 4.17. The minimum Gasteiger partial charge on any atom is -0.379 e. The molecule has 7 heteroatoms. The predicted octanol–water partition coefficient (Wildman–Crippen LogP) is 1.73. The van der Waals surface area contributed by atoms with Gasteiger partial charge in [0.25, 0.3) is 0 Å². The van der Waals surface area contributed by atoms with E-state index in [-0.39, 0.29) is 15.5 Å². The first-order chi connectivity index (χ1) is 9.83. The quantitative estimate of drug-likeness (QED) is 0.892. The van der Waals surface area contributed by atoms with Crippen LogP contribution in [0.2, 0.25) is 5.02 Å². The fraction of sp³-hybridized carbons (Fsp3) is 0.571. The van der Waals surface area contributed by atoms with E-state index in [0.717, 1.165) is 13.1 Å². The van der Waals surface area contributed by atoms with Crippen LogP contribution in [-0.4, -0.2) is 51.7 Å². The molecule has 21 heavy (non-hydrogen) atoms. The number of morpholine rings is 1. The van der Waals surface area contributed by atoms with Gasteiger partial charge >= 0.3 is 0 Å². The van der Waals surface area contributed by atoms with Gasteiger partial charge in [-0.05, 0) is 26.0 Å². The molecule has 1 aromatic carbocycles. The van der Waals surface area contributed by atoms with Gasteiger partial charge in [-0.2, -0.15) is 0 Å². The molecule has 1 aliphatic heterocycles. The molecule has 0 bridgehead atoms. The molecule has 1 aromatic rings. The molecule has 0 radical (unpaired) electrons. The largest absolute Gasteiger partial charge is 0.379 e. The molecule has 2 rings (SSSR count). The summed E-state index contributed by atoms with van der Waals surface area (Å²) in [5.74, 6) is 0. The zero-order valence-electron chi connectivity index (χ0n) is 12.3. The van der Waals surface area contributed by atoms with Crippen LogP contribution >= 0.6 is 11.6 Å². The lowest BCUT2D eigenvalue weighted by Gasteiger charge is -2.40. The van der Waals surface area contributed by atoms with Crippen molar-refractivity contribution >= 4 is 21.6 Å². The molecule has 5 nitrogen and oxygen atoms in total. The molecule has 1 heterocycles. The maximum Gasteiger partial charge on any atom is 0.242 e. The zero-order valence-corrected chi connectivity index (χ0v) is 13.9. The first-order valence-corrected chi connectivity index (χ1v) is 8.76. The maximum atomic E-state index is 12.3. The van der Waals surface area contributed by atoms with Crippen molar-refractivity contribution in [2.45, 2.75) is 24.3 Å². The van der Waals surface area contributed by atoms with Gasteiger partial charge in [-0.25, -0.2) is 13.1 Å². The van der Waals surface area contributed by atoms with Gasteiger partial charge in [0.1, 0.15) is 4.90 Å². The van der Waals surface area contributed by atoms with Crippen molar-refractivity contribution in [1.82, 2.24) is 9.62 Å². The number of ether oxygens (including phenoxy) is 1. The Morgan fingerprint density at radius 1 is 1.29 bits per heavy atom. The van der Waals surface area contributed by atoms with Crippen LogP contribution in [0.25, 0.3) is 0 Å². The van der Waals surface area contributed by atoms with Gasteiger partial charge in [0.15, 0.2) is 0 Å². The number of hydrogen-bond donors (Lipinski definition) is 1. The van der Waals surface area contributed by atoms with Crippen LogP contribution in [0.15, 0.2) is 29.2 Å². The van der Waals surface area contributed by atoms with Crippen LogP contribution < -0.4 is 4.72 Å². The van der Waals surface area contributed by atoms with E-state index in [0.29, 0.717) is 19.8 Å². The third-order valence-electron chi connectivity index (χ3n) is 3.69. The van der Waals surface area contributed by atoms with Crippen molar-refractivity contribution in [2.75, 3.05) is 32.8 Å². The maximum absolute atomic E-state index is 12.3. The second kappa shape index (κ2) is 6.62. The van der Waals surface area contributed by atoms with Crippen molar-refractivity contribution in [3.63, 3.8) is 0 Å². The smallest absolute Gasteiger partial charge is 0.242 e. The third-order valence-corrected chi connectivity index (χ3v) is 5.59. The summed E-state index contributed by atoms with van der Waals surface area (Å²) in [5.41, 5.74) is -0.280. The number of nitrogens with zero attached hydrogens (tertiary/aromatic N) is 1. The summed E-state index contributed by atoms with van der Waals surface area (Å²) in [6.07, 6.45) is 0. The molecular weight excluding hydrogens is 312 g/mol. The fourth-order valence-electron chi connectivity index (χ4n) is 2.29. The number of hydrogen-bond acceptors (Lipinski definition) is 4. The highest BCUT2D eigenvalue weighted by molar-refractivity contribution is 7.89. The average Bonchev–Trinajstić information content (AvgIpc) is 2.47. The van der Waals surface area contributed by atoms with Crippen LogP contribution in [-0.2, 0) is 14.8 Å². The SMILES string of the molecule is CC(C)(CNS(=O)(=O)c1ccccc1Cl)N1CCOCC1. The summed E-state index contributed by atoms with van der Waals surface area (Å²) in [5, 5.41) is 0.231. The lowest BCUT2D eigenvalue weighted by atomic mass is 10.0. The van der Waals surface area contributed by atoms with Gasteiger partial charge in [-0.15, -0.1) is 0 Å². The number of benzene rings is 1. The van der Waals surface area contributed by atoms with Gasteiger partial charge in [0.2, 0.25) is 10.0 Å². The van der Waals surface area contributed by atoms with E-state index in [1.165, 1.54) is 6.07 Å². The molecule has 0 unspecified atom stereocenters. The Morgan fingerprint density at radius 2 is 1.90 bits per heavy atom. The van der Waals surface area contributed by atoms with E-state index in [4.69, 9.17) is 16.3 Å². The number of halogens is 1. The van der Waals surface area contributed by atoms with Gasteiger partial charge in [0.05, 0.1) is 18.2 Å². The van der Waals surface area contributed by atoms with E-state index in [1.807, 2.05) is 13.8 Å². The molecule has 0 aliphatic carbocycles. The normalized spacial score (nSPS) is 17.9. The summed E-state index contributed by atoms with van der Waals surface area (Å²) < 4.78 is 32.7. The van der Waals surface area contributed by atoms with E-state index < -0.39 is 10.0 Å². The van der Waals surface area contributed by atoms with E-state index in [1.54, 1.807) is 18.2 Å². The predicted molar refractivity (Wildman–Crippen MR) is 83.1 cm³/mol. The van der Waals surface area contributed by atoms with E-state index in [9.17, 15) is 8.42 Å². The van der Waals surface area contributed by atoms with Crippen LogP contribution in [0.4, 0.5) is 0 Å². The van der Waals surface area contributed by atoms with Gasteiger partial charge in [0, 0.05) is 25.2 Å². The molecule has 1 N–H and O–H groups in total. The topological polar surface area (TPSA) is 58.6 Å². The molecule has 1 saturated heterocycles. The molecule has 0 saturated carbocycles. The van der Waals surface area contributed by atoms with Crippen molar-refractivity contribution in [3.8, 4) is 0 Å². The minimum absolute atomic E-state index is 0.115. The standard InChI is InChI=1S/C14H21ClN2O3S/c1-14(2,17-7-9-20-10-8-17)11-16-21(18,19)13-6-4-3-5-12(13)15/h3-6,16H,7-11H2,1-2H3. The Hall–Kier alpha value is -0.660. The molecular formula is C14H21ClN2O3S. The number of sulfonamides is 1. The minimum atomic E-state index is -3.60. The Kier molecular flexibility index (Phi) is 5.27. The molecule has 118 valence electrons. The highest BCUT2D eigenvalue weighted by Gasteiger charge is 2.30. The van der Waals surface area contributed by atoms with Crippen molar-refractivity contribution in [2.24, 2.45) is 0 Å². The van der Waals surface area contributed by atoms with Gasteiger partial charge < -0.3 is 4.74 Å². The Balaban J connectivity index is 2.06. The van der Waals surface area contributed by atoms with Crippen LogP contribution in [0.5, 0.6) is 0 Å². The average molecular weight is 333 g/mol. The van der Waals surface area contributed by atoms with E-state index >= 15 is 0 Å². The molecule has 1 aliphatic rings. The zero-order chi connectivity index (χ0) is 15.5. The Bertz CT molecular complexity index is 584. The van der Waals surface area contributed by atoms with Crippen molar-refractivity contribution in [3.05, 3.63) is 29.3 Å². The highest BCUT2D eigenvalue weighted by atomic mass is 35.5. The summed E-state index contributed by atoms with van der Waals surface area (Å²) in [7, 11) is -3.60. The van der Waals surface area contributed by atoms with E-state index in [2.05, 4.69) is 9.62 Å². The first-order valence-electron chi connectivity index (χ1n) is 6.90. The summed E-state index contributed by atoms with van der Waals surface area (Å²) in [4.78, 5) is 2.34. The van der Waals surface area contributed by atoms with Gasteiger partial charge in [-0.1, -0.05) is 23.7 Å². The van der Waals surface area contributed by atoms with Crippen LogP contribution in [0.3, 0.4) is 0 Å². The first kappa shape index (κ1) is 16.7. The molecule has 0 aromatic heterocycles. The summed E-state index contributed by atoms with van der Waals surface area (Å²) in [6.45, 7) is 7.34. The molecule has 1 fully saturated rings. The molecule has 0 atom stereocenters. The monoisotopic (exact) mass is 332 g/mol. The number of nitrogens with one attached hydrogen (secondary N) is 1. The lowest BCUT2D eigenvalue weighted by molar-refractivity contribution is -0.00803. The lowest BCUT2D eigenvalue weighted by Crippen LogP contribution is -2.55. The Morgan fingerprint density at radius 3 is 2.52 bits per heavy atom. The fourth-order valence-corrected chi connectivity index (χ4v) is 4.01. The van der Waals surface area contributed by atoms with Gasteiger partial charge in [-0.3, -0.25) is 4.90 Å². The summed E-state index contributed by atoms with van der Waals surface area (Å²) in [6, 6.07) is 6.45. The molecule has 0 amide bonds. The summed E-state index contributed by atoms with van der Waals surface area (Å²) >= 11 is 5.96. The van der Waals surface area contributed by atoms with Crippen molar-refractivity contribution in [1.29, 1.82) is 0 Å². The van der Waals surface area contributed by atoms with Crippen LogP contribution in [0.1, 0.15) is 13.8 Å². The second-order valence-electron chi connectivity index (χ2n) is 5.67. The molecule has 0 spiro atoms. The second-order valence-corrected chi connectivity index (χ2v) is 7.81. The Labute approximate surface area is 131 Å². The highest BCUT2D eigenvalue weighted by Crippen LogP contribution is 2.21.